The molecule has 0 radical (unpaired) electrons. The first kappa shape index (κ1) is 14.5. The number of halogens is 1. The van der Waals surface area contributed by atoms with Crippen LogP contribution in [0.15, 0.2) is 54.7 Å². The molecule has 0 aliphatic rings. The Morgan fingerprint density at radius 3 is 2.86 bits per heavy atom. The molecule has 1 unspecified atom stereocenters. The Bertz CT molecular complexity index is 804. The quantitative estimate of drug-likeness (QED) is 0.769. The van der Waals surface area contributed by atoms with Crippen molar-refractivity contribution < 1.29 is 9.50 Å². The second-order valence-electron chi connectivity index (χ2n) is 5.33. The molecule has 4 heteroatoms. The van der Waals surface area contributed by atoms with Gasteiger partial charge in [0.05, 0.1) is 11.6 Å². The van der Waals surface area contributed by atoms with Crippen LogP contribution in [-0.4, -0.2) is 16.6 Å². The average Bonchev–Trinajstić information content (AvgIpc) is 2.52. The molecule has 0 fully saturated rings. The van der Waals surface area contributed by atoms with Crippen LogP contribution in [0.4, 0.5) is 10.1 Å². The summed E-state index contributed by atoms with van der Waals surface area (Å²) in [5, 5.41) is 14.3. The SMILES string of the molecule is Cc1cccc(C(O)CNc2ccnc3cc(F)ccc23)c1. The fourth-order valence-electron chi connectivity index (χ4n) is 2.48. The lowest BCUT2D eigenvalue weighted by molar-refractivity contribution is 0.191. The lowest BCUT2D eigenvalue weighted by atomic mass is 10.1. The van der Waals surface area contributed by atoms with Crippen LogP contribution in [-0.2, 0) is 0 Å². The molecule has 0 bridgehead atoms. The third-order valence-electron chi connectivity index (χ3n) is 3.62. The zero-order valence-electron chi connectivity index (χ0n) is 12.3. The number of rotatable bonds is 4. The van der Waals surface area contributed by atoms with E-state index >= 15 is 0 Å². The van der Waals surface area contributed by atoms with Gasteiger partial charge in [-0.3, -0.25) is 4.98 Å². The first-order chi connectivity index (χ1) is 10.6. The van der Waals surface area contributed by atoms with Gasteiger partial charge in [0.25, 0.3) is 0 Å². The molecule has 0 spiro atoms. The Kier molecular flexibility index (Phi) is 4.02. The smallest absolute Gasteiger partial charge is 0.125 e. The van der Waals surface area contributed by atoms with E-state index < -0.39 is 6.10 Å². The minimum absolute atomic E-state index is 0.308. The van der Waals surface area contributed by atoms with Crippen LogP contribution in [0.5, 0.6) is 0 Å². The number of hydrogen-bond acceptors (Lipinski definition) is 3. The minimum atomic E-state index is -0.608. The summed E-state index contributed by atoms with van der Waals surface area (Å²) in [7, 11) is 0. The molecular formula is C18H17FN2O. The van der Waals surface area contributed by atoms with E-state index in [0.717, 1.165) is 22.2 Å². The van der Waals surface area contributed by atoms with Gasteiger partial charge < -0.3 is 10.4 Å². The molecule has 1 atom stereocenters. The van der Waals surface area contributed by atoms with Crippen molar-refractivity contribution in [1.29, 1.82) is 0 Å². The highest BCUT2D eigenvalue weighted by Crippen LogP contribution is 2.23. The maximum Gasteiger partial charge on any atom is 0.125 e. The molecule has 0 aliphatic heterocycles. The molecule has 0 saturated heterocycles. The molecule has 2 aromatic carbocycles. The maximum absolute atomic E-state index is 13.2. The largest absolute Gasteiger partial charge is 0.387 e. The monoisotopic (exact) mass is 296 g/mol. The van der Waals surface area contributed by atoms with Gasteiger partial charge in [-0.05, 0) is 30.7 Å². The van der Waals surface area contributed by atoms with Gasteiger partial charge in [-0.2, -0.15) is 0 Å². The van der Waals surface area contributed by atoms with E-state index in [4.69, 9.17) is 0 Å². The fraction of sp³-hybridized carbons (Fsp3) is 0.167. The fourth-order valence-corrected chi connectivity index (χ4v) is 2.48. The number of nitrogens with one attached hydrogen (secondary N) is 1. The number of aliphatic hydroxyl groups excluding tert-OH is 1. The summed E-state index contributed by atoms with van der Waals surface area (Å²) in [5.74, 6) is -0.308. The highest BCUT2D eigenvalue weighted by molar-refractivity contribution is 5.90. The van der Waals surface area contributed by atoms with Gasteiger partial charge >= 0.3 is 0 Å². The highest BCUT2D eigenvalue weighted by atomic mass is 19.1. The van der Waals surface area contributed by atoms with Crippen LogP contribution >= 0.6 is 0 Å². The van der Waals surface area contributed by atoms with Crippen molar-refractivity contribution in [1.82, 2.24) is 4.98 Å². The van der Waals surface area contributed by atoms with Gasteiger partial charge in [0.1, 0.15) is 5.82 Å². The molecule has 1 heterocycles. The predicted octanol–water partition coefficient (Wildman–Crippen LogP) is 3.83. The van der Waals surface area contributed by atoms with E-state index in [1.54, 1.807) is 12.3 Å². The van der Waals surface area contributed by atoms with Crippen molar-refractivity contribution >= 4 is 16.6 Å². The molecule has 3 aromatic rings. The number of benzene rings is 2. The van der Waals surface area contributed by atoms with E-state index in [9.17, 15) is 9.50 Å². The molecule has 2 N–H and O–H groups in total. The number of nitrogens with zero attached hydrogens (tertiary/aromatic N) is 1. The highest BCUT2D eigenvalue weighted by Gasteiger charge is 2.09. The lowest BCUT2D eigenvalue weighted by Gasteiger charge is -2.15. The molecule has 3 rings (SSSR count). The second-order valence-corrected chi connectivity index (χ2v) is 5.33. The molecule has 0 aliphatic carbocycles. The lowest BCUT2D eigenvalue weighted by Crippen LogP contribution is -2.12. The zero-order chi connectivity index (χ0) is 15.5. The van der Waals surface area contributed by atoms with E-state index in [2.05, 4.69) is 10.3 Å². The van der Waals surface area contributed by atoms with Crippen LogP contribution < -0.4 is 5.32 Å². The van der Waals surface area contributed by atoms with Crippen molar-refractivity contribution in [2.75, 3.05) is 11.9 Å². The summed E-state index contributed by atoms with van der Waals surface area (Å²) >= 11 is 0. The number of fused-ring (bicyclic) bond motifs is 1. The zero-order valence-corrected chi connectivity index (χ0v) is 12.3. The van der Waals surface area contributed by atoms with Crippen LogP contribution in [0, 0.1) is 12.7 Å². The predicted molar refractivity (Wildman–Crippen MR) is 86.3 cm³/mol. The first-order valence-electron chi connectivity index (χ1n) is 7.16. The molecule has 0 saturated carbocycles. The topological polar surface area (TPSA) is 45.1 Å². The Morgan fingerprint density at radius 1 is 1.18 bits per heavy atom. The molecular weight excluding hydrogens is 279 g/mol. The van der Waals surface area contributed by atoms with Crippen LogP contribution in [0.1, 0.15) is 17.2 Å². The number of aryl methyl sites for hydroxylation is 1. The molecule has 22 heavy (non-hydrogen) atoms. The van der Waals surface area contributed by atoms with Crippen LogP contribution in [0.3, 0.4) is 0 Å². The Labute approximate surface area is 128 Å². The Morgan fingerprint density at radius 2 is 2.05 bits per heavy atom. The summed E-state index contributed by atoms with van der Waals surface area (Å²) in [6.45, 7) is 2.37. The summed E-state index contributed by atoms with van der Waals surface area (Å²) in [6.07, 6.45) is 1.02. The second kappa shape index (κ2) is 6.12. The van der Waals surface area contributed by atoms with E-state index in [1.807, 2.05) is 37.3 Å². The summed E-state index contributed by atoms with van der Waals surface area (Å²) < 4.78 is 13.2. The molecule has 0 amide bonds. The van der Waals surface area contributed by atoms with E-state index in [0.29, 0.717) is 12.1 Å². The maximum atomic E-state index is 13.2. The van der Waals surface area contributed by atoms with Crippen molar-refractivity contribution in [2.45, 2.75) is 13.0 Å². The van der Waals surface area contributed by atoms with Crippen molar-refractivity contribution in [3.63, 3.8) is 0 Å². The van der Waals surface area contributed by atoms with Gasteiger partial charge in [0.2, 0.25) is 0 Å². The Hall–Kier alpha value is -2.46. The third kappa shape index (κ3) is 3.07. The minimum Gasteiger partial charge on any atom is -0.387 e. The first-order valence-corrected chi connectivity index (χ1v) is 7.16. The van der Waals surface area contributed by atoms with Crippen molar-refractivity contribution in [3.8, 4) is 0 Å². The number of hydrogen-bond donors (Lipinski definition) is 2. The standard InChI is InChI=1S/C18H17FN2O/c1-12-3-2-4-13(9-12)18(22)11-21-16-7-8-20-17-10-14(19)5-6-15(16)17/h2-10,18,22H,11H2,1H3,(H,20,21). The molecule has 3 nitrogen and oxygen atoms in total. The van der Waals surface area contributed by atoms with Gasteiger partial charge in [0, 0.05) is 29.9 Å². The third-order valence-corrected chi connectivity index (χ3v) is 3.62. The van der Waals surface area contributed by atoms with Gasteiger partial charge in [-0.1, -0.05) is 29.8 Å². The summed E-state index contributed by atoms with van der Waals surface area (Å²) in [5.41, 5.74) is 3.41. The summed E-state index contributed by atoms with van der Waals surface area (Å²) in [6, 6.07) is 14.1. The number of aliphatic hydroxyl groups is 1. The summed E-state index contributed by atoms with van der Waals surface area (Å²) in [4.78, 5) is 4.16. The molecule has 1 aromatic heterocycles. The van der Waals surface area contributed by atoms with Gasteiger partial charge in [0.15, 0.2) is 0 Å². The van der Waals surface area contributed by atoms with E-state index in [1.165, 1.54) is 12.1 Å². The van der Waals surface area contributed by atoms with E-state index in [-0.39, 0.29) is 5.82 Å². The Balaban J connectivity index is 1.79. The van der Waals surface area contributed by atoms with Crippen molar-refractivity contribution in [3.05, 3.63) is 71.7 Å². The molecule has 112 valence electrons. The van der Waals surface area contributed by atoms with Gasteiger partial charge in [-0.15, -0.1) is 0 Å². The number of anilines is 1. The van der Waals surface area contributed by atoms with Crippen LogP contribution in [0.2, 0.25) is 0 Å². The number of pyridine rings is 1. The van der Waals surface area contributed by atoms with Crippen molar-refractivity contribution in [2.24, 2.45) is 0 Å². The van der Waals surface area contributed by atoms with Gasteiger partial charge in [-0.25, -0.2) is 4.39 Å². The number of aromatic nitrogens is 1. The normalized spacial score (nSPS) is 12.3. The van der Waals surface area contributed by atoms with Crippen LogP contribution in [0.25, 0.3) is 10.9 Å². The average molecular weight is 296 g/mol.